The van der Waals surface area contributed by atoms with Gasteiger partial charge in [-0.25, -0.2) is 4.98 Å². The van der Waals surface area contributed by atoms with Crippen LogP contribution in [0.2, 0.25) is 0 Å². The molecule has 6 nitrogen and oxygen atoms in total. The molecule has 0 saturated heterocycles. The third kappa shape index (κ3) is 5.47. The number of thiazole rings is 1. The highest BCUT2D eigenvalue weighted by atomic mass is 32.2. The lowest BCUT2D eigenvalue weighted by molar-refractivity contribution is -0.118. The Morgan fingerprint density at radius 3 is 2.95 bits per heavy atom. The second-order valence-electron chi connectivity index (χ2n) is 4.98. The maximum Gasteiger partial charge on any atom is 0.277 e. The molecule has 0 atom stereocenters. The summed E-state index contributed by atoms with van der Waals surface area (Å²) < 4.78 is 5.50. The molecule has 0 unspecified atom stereocenters. The number of aryl methyl sites for hydroxylation is 1. The number of rotatable bonds is 7. The Hall–Kier alpha value is -1.41. The summed E-state index contributed by atoms with van der Waals surface area (Å²) in [5.41, 5.74) is 0.923. The van der Waals surface area contributed by atoms with E-state index in [1.807, 2.05) is 12.3 Å². The average Bonchev–Trinajstić information content (AvgIpc) is 3.04. The van der Waals surface area contributed by atoms with Crippen LogP contribution in [-0.4, -0.2) is 33.4 Å². The van der Waals surface area contributed by atoms with Crippen molar-refractivity contribution in [2.45, 2.75) is 32.4 Å². The summed E-state index contributed by atoms with van der Waals surface area (Å²) in [4.78, 5) is 15.9. The highest BCUT2D eigenvalue weighted by molar-refractivity contribution is 7.99. The molecule has 1 amide bonds. The van der Waals surface area contributed by atoms with Gasteiger partial charge in [0.25, 0.3) is 5.22 Å². The Labute approximate surface area is 131 Å². The Morgan fingerprint density at radius 1 is 1.48 bits per heavy atom. The van der Waals surface area contributed by atoms with Gasteiger partial charge in [0.15, 0.2) is 0 Å². The number of carbonyl (C=O) groups excluding carboxylic acids is 1. The van der Waals surface area contributed by atoms with E-state index < -0.39 is 0 Å². The fourth-order valence-corrected chi connectivity index (χ4v) is 2.73. The van der Waals surface area contributed by atoms with Crippen LogP contribution in [0.15, 0.2) is 15.0 Å². The summed E-state index contributed by atoms with van der Waals surface area (Å²) in [5.74, 6) is 1.22. The van der Waals surface area contributed by atoms with Crippen LogP contribution < -0.4 is 5.32 Å². The van der Waals surface area contributed by atoms with E-state index in [0.29, 0.717) is 30.0 Å². The minimum atomic E-state index is -0.0245. The van der Waals surface area contributed by atoms with Gasteiger partial charge in [-0.15, -0.1) is 21.5 Å². The molecule has 2 aromatic heterocycles. The molecule has 2 heterocycles. The predicted molar refractivity (Wildman–Crippen MR) is 82.5 cm³/mol. The molecule has 0 aromatic carbocycles. The summed E-state index contributed by atoms with van der Waals surface area (Å²) in [6, 6.07) is 0. The normalized spacial score (nSPS) is 11.0. The van der Waals surface area contributed by atoms with Gasteiger partial charge < -0.3 is 9.73 Å². The SMILES string of the molecule is Cc1nc(Cc2nnc(SCC(=O)NCC(C)C)o2)cs1. The second kappa shape index (κ2) is 7.56. The van der Waals surface area contributed by atoms with Gasteiger partial charge in [-0.05, 0) is 12.8 Å². The monoisotopic (exact) mass is 326 g/mol. The lowest BCUT2D eigenvalue weighted by atomic mass is 10.2. The molecule has 0 aliphatic carbocycles. The summed E-state index contributed by atoms with van der Waals surface area (Å²) in [5, 5.41) is 14.1. The van der Waals surface area contributed by atoms with Crippen molar-refractivity contribution in [3.63, 3.8) is 0 Å². The van der Waals surface area contributed by atoms with E-state index in [9.17, 15) is 4.79 Å². The first-order valence-electron chi connectivity index (χ1n) is 6.66. The molecule has 2 rings (SSSR count). The first-order valence-corrected chi connectivity index (χ1v) is 8.52. The molecule has 0 radical (unpaired) electrons. The average molecular weight is 326 g/mol. The van der Waals surface area contributed by atoms with Crippen molar-refractivity contribution < 1.29 is 9.21 Å². The minimum absolute atomic E-state index is 0.0245. The first kappa shape index (κ1) is 16.0. The molecule has 8 heteroatoms. The van der Waals surface area contributed by atoms with Crippen LogP contribution in [0.4, 0.5) is 0 Å². The number of thioether (sulfide) groups is 1. The van der Waals surface area contributed by atoms with Crippen molar-refractivity contribution in [2.75, 3.05) is 12.3 Å². The fraction of sp³-hybridized carbons (Fsp3) is 0.538. The lowest BCUT2D eigenvalue weighted by Crippen LogP contribution is -2.28. The first-order chi connectivity index (χ1) is 10.0. The van der Waals surface area contributed by atoms with Crippen LogP contribution in [0, 0.1) is 12.8 Å². The molecular weight excluding hydrogens is 308 g/mol. The summed E-state index contributed by atoms with van der Waals surface area (Å²) in [6.07, 6.45) is 0.525. The fourth-order valence-electron chi connectivity index (χ4n) is 1.51. The Bertz CT molecular complexity index is 595. The Kier molecular flexibility index (Phi) is 5.75. The molecule has 0 spiro atoms. The molecule has 2 aromatic rings. The largest absolute Gasteiger partial charge is 0.416 e. The zero-order chi connectivity index (χ0) is 15.2. The van der Waals surface area contributed by atoms with E-state index in [1.165, 1.54) is 11.8 Å². The Balaban J connectivity index is 1.79. The van der Waals surface area contributed by atoms with Gasteiger partial charge >= 0.3 is 0 Å². The molecule has 0 saturated carbocycles. The van der Waals surface area contributed by atoms with Crippen LogP contribution in [0.5, 0.6) is 0 Å². The smallest absolute Gasteiger partial charge is 0.277 e. The predicted octanol–water partition coefficient (Wildman–Crippen LogP) is 2.29. The molecule has 21 heavy (non-hydrogen) atoms. The molecule has 0 fully saturated rings. The van der Waals surface area contributed by atoms with Gasteiger partial charge in [0, 0.05) is 11.9 Å². The van der Waals surface area contributed by atoms with E-state index in [0.717, 1.165) is 10.7 Å². The number of hydrogen-bond donors (Lipinski definition) is 1. The van der Waals surface area contributed by atoms with E-state index in [4.69, 9.17) is 4.42 Å². The van der Waals surface area contributed by atoms with Crippen LogP contribution in [-0.2, 0) is 11.2 Å². The molecule has 0 aliphatic heterocycles. The zero-order valence-electron chi connectivity index (χ0n) is 12.3. The maximum absolute atomic E-state index is 11.6. The summed E-state index contributed by atoms with van der Waals surface area (Å²) in [7, 11) is 0. The van der Waals surface area contributed by atoms with E-state index in [2.05, 4.69) is 34.3 Å². The van der Waals surface area contributed by atoms with Gasteiger partial charge in [0.05, 0.1) is 22.9 Å². The molecule has 0 aliphatic rings. The van der Waals surface area contributed by atoms with Crippen LogP contribution in [0.1, 0.15) is 30.4 Å². The van der Waals surface area contributed by atoms with Gasteiger partial charge in [-0.1, -0.05) is 25.6 Å². The van der Waals surface area contributed by atoms with E-state index >= 15 is 0 Å². The van der Waals surface area contributed by atoms with Gasteiger partial charge in [-0.2, -0.15) is 0 Å². The molecule has 114 valence electrons. The highest BCUT2D eigenvalue weighted by Gasteiger charge is 2.11. The van der Waals surface area contributed by atoms with Gasteiger partial charge in [0.2, 0.25) is 11.8 Å². The van der Waals surface area contributed by atoms with Crippen LogP contribution in [0.3, 0.4) is 0 Å². The quantitative estimate of drug-likeness (QED) is 0.786. The van der Waals surface area contributed by atoms with Crippen molar-refractivity contribution >= 4 is 29.0 Å². The third-order valence-electron chi connectivity index (χ3n) is 2.48. The minimum Gasteiger partial charge on any atom is -0.416 e. The number of carbonyl (C=O) groups is 1. The van der Waals surface area contributed by atoms with Crippen molar-refractivity contribution in [1.29, 1.82) is 0 Å². The number of aromatic nitrogens is 3. The summed E-state index contributed by atoms with van der Waals surface area (Å²) >= 11 is 2.84. The van der Waals surface area contributed by atoms with E-state index in [-0.39, 0.29) is 11.7 Å². The number of hydrogen-bond acceptors (Lipinski definition) is 7. The highest BCUT2D eigenvalue weighted by Crippen LogP contribution is 2.18. The van der Waals surface area contributed by atoms with E-state index in [1.54, 1.807) is 11.3 Å². The second-order valence-corrected chi connectivity index (χ2v) is 6.97. The number of nitrogens with zero attached hydrogens (tertiary/aromatic N) is 3. The number of nitrogens with one attached hydrogen (secondary N) is 1. The molecule has 0 bridgehead atoms. The van der Waals surface area contributed by atoms with Crippen molar-refractivity contribution in [1.82, 2.24) is 20.5 Å². The van der Waals surface area contributed by atoms with Gasteiger partial charge in [0.1, 0.15) is 0 Å². The third-order valence-corrected chi connectivity index (χ3v) is 4.12. The number of amides is 1. The Morgan fingerprint density at radius 2 is 2.29 bits per heavy atom. The molecule has 1 N–H and O–H groups in total. The van der Waals surface area contributed by atoms with Crippen molar-refractivity contribution in [2.24, 2.45) is 5.92 Å². The topological polar surface area (TPSA) is 80.9 Å². The van der Waals surface area contributed by atoms with Crippen LogP contribution in [0.25, 0.3) is 0 Å². The maximum atomic E-state index is 11.6. The van der Waals surface area contributed by atoms with Crippen molar-refractivity contribution in [3.8, 4) is 0 Å². The zero-order valence-corrected chi connectivity index (χ0v) is 13.9. The standard InChI is InChI=1S/C13H18N4O2S2/c1-8(2)5-14-11(18)7-21-13-17-16-12(19-13)4-10-6-20-9(3)15-10/h6,8H,4-5,7H2,1-3H3,(H,14,18). The summed E-state index contributed by atoms with van der Waals surface area (Å²) in [6.45, 7) is 6.74. The van der Waals surface area contributed by atoms with Gasteiger partial charge in [-0.3, -0.25) is 4.79 Å². The van der Waals surface area contributed by atoms with Crippen LogP contribution >= 0.6 is 23.1 Å². The molecular formula is C13H18N4O2S2. The lowest BCUT2D eigenvalue weighted by Gasteiger charge is -2.05. The van der Waals surface area contributed by atoms with Crippen molar-refractivity contribution in [3.05, 3.63) is 22.0 Å².